The normalized spacial score (nSPS) is 22.2. The van der Waals surface area contributed by atoms with E-state index in [2.05, 4.69) is 19.5 Å². The maximum Gasteiger partial charge on any atom is 0.469 e. The van der Waals surface area contributed by atoms with Crippen LogP contribution < -0.4 is 4.74 Å². The summed E-state index contributed by atoms with van der Waals surface area (Å²) in [6.07, 6.45) is -2.40. The molecule has 13 heteroatoms. The molecule has 4 atom stereocenters. The number of aliphatic hydroxyl groups excluding tert-OH is 2. The fourth-order valence-electron chi connectivity index (χ4n) is 3.99. The van der Waals surface area contributed by atoms with Gasteiger partial charge in [0.05, 0.1) is 12.9 Å². The first kappa shape index (κ1) is 24.5. The second-order valence-corrected chi connectivity index (χ2v) is 9.42. The van der Waals surface area contributed by atoms with E-state index in [1.54, 1.807) is 0 Å². The summed E-state index contributed by atoms with van der Waals surface area (Å²) in [4.78, 5) is 30.9. The minimum Gasteiger partial charge on any atom is -0.489 e. The van der Waals surface area contributed by atoms with Crippen LogP contribution in [0.15, 0.2) is 67.3 Å². The highest BCUT2D eigenvalue weighted by molar-refractivity contribution is 7.46. The van der Waals surface area contributed by atoms with E-state index in [9.17, 15) is 14.8 Å². The Hall–Kier alpha value is -3.22. The number of nitrogens with zero attached hydrogens (tertiary/aromatic N) is 4. The third kappa shape index (κ3) is 5.15. The van der Waals surface area contributed by atoms with Gasteiger partial charge in [-0.3, -0.25) is 9.09 Å². The maximum atomic E-state index is 11.0. The summed E-state index contributed by atoms with van der Waals surface area (Å²) in [5.41, 5.74) is 3.06. The number of aromatic nitrogens is 4. The zero-order valence-electron chi connectivity index (χ0n) is 18.7. The van der Waals surface area contributed by atoms with Gasteiger partial charge in [-0.2, -0.15) is 0 Å². The van der Waals surface area contributed by atoms with Crippen LogP contribution in [0.25, 0.3) is 22.4 Å². The Labute approximate surface area is 205 Å². The number of fused-ring (bicyclic) bond motifs is 1. The molecule has 1 saturated heterocycles. The Bertz CT molecular complexity index is 1400. The molecule has 0 amide bonds. The molecular weight excluding hydrogens is 491 g/mol. The Kier molecular flexibility index (Phi) is 6.82. The third-order valence-electron chi connectivity index (χ3n) is 5.73. The molecule has 12 nitrogen and oxygen atoms in total. The minimum atomic E-state index is -4.77. The molecule has 0 unspecified atom stereocenters. The van der Waals surface area contributed by atoms with Gasteiger partial charge in [0.15, 0.2) is 11.9 Å². The predicted molar refractivity (Wildman–Crippen MR) is 125 cm³/mol. The summed E-state index contributed by atoms with van der Waals surface area (Å²) in [7, 11) is -4.77. The summed E-state index contributed by atoms with van der Waals surface area (Å²) in [5, 5.41) is 20.8. The number of hydrogen-bond acceptors (Lipinski definition) is 9. The van der Waals surface area contributed by atoms with Crippen LogP contribution in [0.3, 0.4) is 0 Å². The van der Waals surface area contributed by atoms with Crippen LogP contribution >= 0.6 is 7.82 Å². The number of benzene rings is 2. The van der Waals surface area contributed by atoms with Gasteiger partial charge in [0.25, 0.3) is 0 Å². The van der Waals surface area contributed by atoms with Crippen molar-refractivity contribution in [1.82, 2.24) is 19.5 Å². The van der Waals surface area contributed by atoms with E-state index in [4.69, 9.17) is 19.3 Å². The van der Waals surface area contributed by atoms with E-state index in [0.29, 0.717) is 29.2 Å². The molecule has 188 valence electrons. The lowest BCUT2D eigenvalue weighted by atomic mass is 10.1. The van der Waals surface area contributed by atoms with Crippen molar-refractivity contribution in [2.24, 2.45) is 0 Å². The molecule has 0 radical (unpaired) electrons. The topological polar surface area (TPSA) is 169 Å². The smallest absolute Gasteiger partial charge is 0.469 e. The standard InChI is InChI=1S/C23H23N4O8P/c28-20-17(11-34-36(30,31)32)35-23(21(20)29)27-13-26-19-18(24-12-25-22(19)27)15-7-4-8-16(9-15)33-10-14-5-2-1-3-6-14/h1-9,12-13,17,20-21,23,28-29H,10-11H2,(H2,30,31,32)/t17-,20+,21-,23-/m1/s1. The molecule has 1 aliphatic heterocycles. The number of imidazole rings is 1. The Morgan fingerprint density at radius 3 is 2.58 bits per heavy atom. The maximum absolute atomic E-state index is 11.0. The lowest BCUT2D eigenvalue weighted by molar-refractivity contribution is -0.0504. The highest BCUT2D eigenvalue weighted by atomic mass is 31.2. The van der Waals surface area contributed by atoms with Crippen LogP contribution in [0.4, 0.5) is 0 Å². The van der Waals surface area contributed by atoms with E-state index >= 15 is 0 Å². The quantitative estimate of drug-likeness (QED) is 0.253. The van der Waals surface area contributed by atoms with Crippen molar-refractivity contribution in [1.29, 1.82) is 0 Å². The van der Waals surface area contributed by atoms with Crippen molar-refractivity contribution in [2.45, 2.75) is 31.1 Å². The molecule has 1 aliphatic rings. The third-order valence-corrected chi connectivity index (χ3v) is 6.22. The Morgan fingerprint density at radius 1 is 1.00 bits per heavy atom. The van der Waals surface area contributed by atoms with Gasteiger partial charge in [0, 0.05) is 5.56 Å². The fourth-order valence-corrected chi connectivity index (χ4v) is 4.33. The van der Waals surface area contributed by atoms with Gasteiger partial charge in [-0.1, -0.05) is 42.5 Å². The van der Waals surface area contributed by atoms with Crippen molar-refractivity contribution in [3.05, 3.63) is 72.8 Å². The van der Waals surface area contributed by atoms with Crippen molar-refractivity contribution in [3.63, 3.8) is 0 Å². The largest absolute Gasteiger partial charge is 0.489 e. The molecule has 0 saturated carbocycles. The average Bonchev–Trinajstić information content (AvgIpc) is 3.42. The first-order valence-electron chi connectivity index (χ1n) is 11.0. The highest BCUT2D eigenvalue weighted by Crippen LogP contribution is 2.39. The summed E-state index contributed by atoms with van der Waals surface area (Å²) in [5.74, 6) is 0.646. The highest BCUT2D eigenvalue weighted by Gasteiger charge is 2.45. The molecule has 1 fully saturated rings. The van der Waals surface area contributed by atoms with Crippen LogP contribution in [0.2, 0.25) is 0 Å². The van der Waals surface area contributed by atoms with Gasteiger partial charge in [0.2, 0.25) is 0 Å². The van der Waals surface area contributed by atoms with E-state index in [1.807, 2.05) is 54.6 Å². The number of hydrogen-bond donors (Lipinski definition) is 4. The molecule has 4 aromatic rings. The summed E-state index contributed by atoms with van der Waals surface area (Å²) in [6.45, 7) is -0.203. The van der Waals surface area contributed by atoms with Gasteiger partial charge < -0.3 is 29.5 Å². The number of rotatable bonds is 8. The van der Waals surface area contributed by atoms with Gasteiger partial charge in [-0.15, -0.1) is 0 Å². The predicted octanol–water partition coefficient (Wildman–Crippen LogP) is 1.80. The van der Waals surface area contributed by atoms with Crippen molar-refractivity contribution >= 4 is 19.0 Å². The molecule has 5 rings (SSSR count). The minimum absolute atomic E-state index is 0.336. The number of phosphoric acid groups is 1. The van der Waals surface area contributed by atoms with Crippen LogP contribution in [0, 0.1) is 0 Å². The Balaban J connectivity index is 1.39. The van der Waals surface area contributed by atoms with E-state index in [-0.39, 0.29) is 0 Å². The number of ether oxygens (including phenoxy) is 2. The molecule has 2 aromatic heterocycles. The van der Waals surface area contributed by atoms with Crippen LogP contribution in [-0.4, -0.2) is 64.4 Å². The molecule has 2 aromatic carbocycles. The molecular formula is C23H23N4O8P. The first-order chi connectivity index (χ1) is 17.3. The van der Waals surface area contributed by atoms with Crippen LogP contribution in [-0.2, 0) is 20.4 Å². The van der Waals surface area contributed by atoms with Crippen molar-refractivity contribution in [3.8, 4) is 17.0 Å². The van der Waals surface area contributed by atoms with Crippen LogP contribution in [0.1, 0.15) is 11.8 Å². The van der Waals surface area contributed by atoms with E-state index < -0.39 is 39.0 Å². The zero-order chi connectivity index (χ0) is 25.3. The lowest BCUT2D eigenvalue weighted by Crippen LogP contribution is -2.33. The van der Waals surface area contributed by atoms with Crippen LogP contribution in [0.5, 0.6) is 5.75 Å². The molecule has 36 heavy (non-hydrogen) atoms. The fraction of sp³-hybridized carbons (Fsp3) is 0.261. The SMILES string of the molecule is O=P(O)(O)OC[C@H]1O[C@@H](n2cnc3c(-c4cccc(OCc5ccccc5)c4)ncnc32)[C@H](O)[C@H]1O. The zero-order valence-corrected chi connectivity index (χ0v) is 19.6. The Morgan fingerprint density at radius 2 is 1.81 bits per heavy atom. The first-order valence-corrected chi connectivity index (χ1v) is 12.5. The van der Waals surface area contributed by atoms with Gasteiger partial charge in [0.1, 0.15) is 48.2 Å². The second kappa shape index (κ2) is 10.0. The summed E-state index contributed by atoms with van der Waals surface area (Å²) < 4.78 is 28.4. The van der Waals surface area contributed by atoms with Gasteiger partial charge in [-0.25, -0.2) is 19.5 Å². The lowest BCUT2D eigenvalue weighted by Gasteiger charge is -2.16. The van der Waals surface area contributed by atoms with E-state index in [1.165, 1.54) is 17.2 Å². The van der Waals surface area contributed by atoms with E-state index in [0.717, 1.165) is 11.1 Å². The molecule has 0 aliphatic carbocycles. The average molecular weight is 514 g/mol. The van der Waals surface area contributed by atoms with Gasteiger partial charge >= 0.3 is 7.82 Å². The number of phosphoric ester groups is 1. The summed E-state index contributed by atoms with van der Waals surface area (Å²) in [6, 6.07) is 17.2. The monoisotopic (exact) mass is 514 g/mol. The molecule has 0 spiro atoms. The summed E-state index contributed by atoms with van der Waals surface area (Å²) >= 11 is 0. The molecule has 3 heterocycles. The van der Waals surface area contributed by atoms with Crippen molar-refractivity contribution < 1.29 is 38.6 Å². The number of aliphatic hydroxyl groups is 2. The molecule has 4 N–H and O–H groups in total. The molecule has 0 bridgehead atoms. The second-order valence-electron chi connectivity index (χ2n) is 8.18. The van der Waals surface area contributed by atoms with Gasteiger partial charge in [-0.05, 0) is 17.7 Å². The van der Waals surface area contributed by atoms with Crippen molar-refractivity contribution in [2.75, 3.05) is 6.61 Å².